The van der Waals surface area contributed by atoms with E-state index in [1.807, 2.05) is 0 Å². The van der Waals surface area contributed by atoms with E-state index in [1.165, 1.54) is 212 Å². The molecule has 0 aromatic heterocycles. The number of aliphatic hydroxyl groups is 1. The monoisotopic (exact) mass is 845 g/mol. The van der Waals surface area contributed by atoms with Crippen LogP contribution in [-0.2, 0) is 18.4 Å². The molecule has 58 heavy (non-hydrogen) atoms. The third-order valence-corrected chi connectivity index (χ3v) is 12.9. The maximum Gasteiger partial charge on any atom is 0.472 e. The summed E-state index contributed by atoms with van der Waals surface area (Å²) < 4.78 is 22.3. The van der Waals surface area contributed by atoms with Gasteiger partial charge < -0.3 is 21.1 Å². The molecule has 0 aromatic rings. The van der Waals surface area contributed by atoms with Gasteiger partial charge in [0.05, 0.1) is 25.4 Å². The van der Waals surface area contributed by atoms with Crippen LogP contribution in [0.5, 0.6) is 0 Å². The highest BCUT2D eigenvalue weighted by atomic mass is 31.2. The number of rotatable bonds is 49. The molecule has 0 bridgehead atoms. The van der Waals surface area contributed by atoms with Crippen molar-refractivity contribution in [3.05, 3.63) is 0 Å². The molecule has 5 N–H and O–H groups in total. The lowest BCUT2D eigenvalue weighted by Gasteiger charge is -2.25. The first-order valence-corrected chi connectivity index (χ1v) is 27.1. The first kappa shape index (κ1) is 57.5. The molecule has 0 saturated carbocycles. The van der Waals surface area contributed by atoms with E-state index in [0.29, 0.717) is 12.8 Å². The van der Waals surface area contributed by atoms with E-state index in [-0.39, 0.29) is 25.7 Å². The number of hydrogen-bond acceptors (Lipinski definition) is 6. The third kappa shape index (κ3) is 43.6. The van der Waals surface area contributed by atoms with Crippen LogP contribution >= 0.6 is 7.82 Å². The maximum atomic E-state index is 12.8. The normalized spacial score (nSPS) is 13.8. The van der Waals surface area contributed by atoms with Crippen molar-refractivity contribution in [1.82, 2.24) is 5.32 Å². The summed E-state index contributed by atoms with van der Waals surface area (Å²) in [6.45, 7) is 4.26. The summed E-state index contributed by atoms with van der Waals surface area (Å²) in [5, 5.41) is 13.9. The van der Waals surface area contributed by atoms with Crippen LogP contribution in [0, 0.1) is 0 Å². The fourth-order valence-electron chi connectivity index (χ4n) is 8.08. The van der Waals surface area contributed by atoms with Gasteiger partial charge in [-0.05, 0) is 12.8 Å². The van der Waals surface area contributed by atoms with Gasteiger partial charge in [-0.2, -0.15) is 0 Å². The summed E-state index contributed by atoms with van der Waals surface area (Å²) in [4.78, 5) is 22.8. The lowest BCUT2D eigenvalue weighted by atomic mass is 10.0. The summed E-state index contributed by atoms with van der Waals surface area (Å²) in [5.74, 6) is -0.154. The molecule has 3 atom stereocenters. The van der Waals surface area contributed by atoms with Crippen molar-refractivity contribution < 1.29 is 28.4 Å². The summed E-state index contributed by atoms with van der Waals surface area (Å²) in [5.41, 5.74) is 5.40. The molecule has 1 amide bonds. The van der Waals surface area contributed by atoms with Gasteiger partial charge in [0.1, 0.15) is 0 Å². The van der Waals surface area contributed by atoms with Crippen LogP contribution in [0.2, 0.25) is 0 Å². The van der Waals surface area contributed by atoms with Crippen molar-refractivity contribution in [2.45, 2.75) is 289 Å². The second-order valence-electron chi connectivity index (χ2n) is 17.7. The Kier molecular flexibility index (Phi) is 45.6. The zero-order valence-corrected chi connectivity index (χ0v) is 39.7. The van der Waals surface area contributed by atoms with Crippen LogP contribution in [0.1, 0.15) is 277 Å². The molecule has 0 rings (SSSR count). The van der Waals surface area contributed by atoms with Crippen molar-refractivity contribution >= 4 is 13.7 Å². The molecular weight excluding hydrogens is 744 g/mol. The lowest BCUT2D eigenvalue weighted by molar-refractivity contribution is -0.123. The quantitative estimate of drug-likeness (QED) is 0.0354. The number of aliphatic hydroxyl groups excluding tert-OH is 1. The topological polar surface area (TPSA) is 131 Å². The molecule has 0 aliphatic heterocycles. The number of phosphoric acid groups is 1. The Labute approximate surface area is 361 Å². The molecule has 3 unspecified atom stereocenters. The highest BCUT2D eigenvalue weighted by molar-refractivity contribution is 7.47. The van der Waals surface area contributed by atoms with Crippen LogP contribution in [0.15, 0.2) is 0 Å². The Hall–Kier alpha value is -0.500. The van der Waals surface area contributed by atoms with Gasteiger partial charge in [-0.25, -0.2) is 4.57 Å². The molecule has 0 saturated heterocycles. The highest BCUT2D eigenvalue weighted by Crippen LogP contribution is 2.43. The highest BCUT2D eigenvalue weighted by Gasteiger charge is 2.27. The van der Waals surface area contributed by atoms with Crippen LogP contribution in [-0.4, -0.2) is 47.8 Å². The van der Waals surface area contributed by atoms with Crippen molar-refractivity contribution in [3.8, 4) is 0 Å². The molecule has 0 aliphatic rings. The molecule has 0 aliphatic carbocycles. The van der Waals surface area contributed by atoms with Gasteiger partial charge in [0.2, 0.25) is 5.91 Å². The average Bonchev–Trinajstić information content (AvgIpc) is 3.21. The SMILES string of the molecule is CCCCCCCCCCCCCCCCCCCCCCCCC(=O)NC(COP(=O)(O)OCCN)C(O)CCCCCCCCCCCCCCCCCCC. The predicted octanol–water partition coefficient (Wildman–Crippen LogP) is 15.0. The minimum absolute atomic E-state index is 0.0928. The van der Waals surface area contributed by atoms with Crippen molar-refractivity contribution in [1.29, 1.82) is 0 Å². The zero-order valence-electron chi connectivity index (χ0n) is 38.8. The van der Waals surface area contributed by atoms with Gasteiger partial charge in [-0.15, -0.1) is 0 Å². The van der Waals surface area contributed by atoms with Crippen LogP contribution in [0.3, 0.4) is 0 Å². The number of nitrogens with one attached hydrogen (secondary N) is 1. The smallest absolute Gasteiger partial charge is 0.391 e. The number of carbonyl (C=O) groups is 1. The molecule has 9 heteroatoms. The van der Waals surface area contributed by atoms with E-state index >= 15 is 0 Å². The van der Waals surface area contributed by atoms with Gasteiger partial charge in [0, 0.05) is 13.0 Å². The molecular formula is C49H101N2O6P. The molecule has 8 nitrogen and oxygen atoms in total. The standard InChI is InChI=1S/C49H101N2O6P/c1-3-5-7-9-11-13-15-17-19-21-22-23-24-25-27-29-31-33-35-37-39-41-43-49(53)51-47(46-57-58(54,55)56-45-44-50)48(52)42-40-38-36-34-32-30-28-26-20-18-16-14-12-10-8-6-4-2/h47-48,52H,3-46,50H2,1-2H3,(H,51,53)(H,54,55). The van der Waals surface area contributed by atoms with Gasteiger partial charge in [0.25, 0.3) is 0 Å². The van der Waals surface area contributed by atoms with Crippen molar-refractivity contribution in [3.63, 3.8) is 0 Å². The van der Waals surface area contributed by atoms with Gasteiger partial charge >= 0.3 is 7.82 Å². The molecule has 0 aromatic carbocycles. The molecule has 0 fully saturated rings. The largest absolute Gasteiger partial charge is 0.472 e. The Morgan fingerprint density at radius 1 is 0.500 bits per heavy atom. The zero-order chi connectivity index (χ0) is 42.5. The number of carbonyl (C=O) groups excluding carboxylic acids is 1. The lowest BCUT2D eigenvalue weighted by Crippen LogP contribution is -2.46. The molecule has 348 valence electrons. The number of hydrogen-bond donors (Lipinski definition) is 4. The number of nitrogens with two attached hydrogens (primary N) is 1. The van der Waals surface area contributed by atoms with Crippen LogP contribution in [0.4, 0.5) is 0 Å². The molecule has 0 spiro atoms. The average molecular weight is 845 g/mol. The first-order valence-electron chi connectivity index (χ1n) is 25.7. The fourth-order valence-corrected chi connectivity index (χ4v) is 8.84. The van der Waals surface area contributed by atoms with Crippen molar-refractivity contribution in [2.24, 2.45) is 5.73 Å². The van der Waals surface area contributed by atoms with Crippen molar-refractivity contribution in [2.75, 3.05) is 19.8 Å². The number of phosphoric ester groups is 1. The summed E-state index contributed by atoms with van der Waals surface area (Å²) in [6, 6.07) is -0.768. The minimum atomic E-state index is -4.31. The Morgan fingerprint density at radius 2 is 0.793 bits per heavy atom. The third-order valence-electron chi connectivity index (χ3n) is 12.0. The van der Waals surface area contributed by atoms with E-state index in [9.17, 15) is 19.4 Å². The predicted molar refractivity (Wildman–Crippen MR) is 249 cm³/mol. The fraction of sp³-hybridized carbons (Fsp3) is 0.980. The Balaban J connectivity index is 3.99. The first-order chi connectivity index (χ1) is 28.4. The van der Waals surface area contributed by atoms with Gasteiger partial charge in [-0.1, -0.05) is 258 Å². The molecule has 0 heterocycles. The summed E-state index contributed by atoms with van der Waals surface area (Å²) >= 11 is 0. The van der Waals surface area contributed by atoms with E-state index in [2.05, 4.69) is 19.2 Å². The number of unbranched alkanes of at least 4 members (excludes halogenated alkanes) is 37. The van der Waals surface area contributed by atoms with E-state index in [0.717, 1.165) is 38.5 Å². The van der Waals surface area contributed by atoms with Crippen LogP contribution in [0.25, 0.3) is 0 Å². The maximum absolute atomic E-state index is 12.8. The van der Waals surface area contributed by atoms with Gasteiger partial charge in [0.15, 0.2) is 0 Å². The van der Waals surface area contributed by atoms with E-state index in [1.54, 1.807) is 0 Å². The van der Waals surface area contributed by atoms with E-state index < -0.39 is 20.0 Å². The Bertz CT molecular complexity index is 880. The second kappa shape index (κ2) is 46.0. The number of amides is 1. The van der Waals surface area contributed by atoms with E-state index in [4.69, 9.17) is 14.8 Å². The Morgan fingerprint density at radius 3 is 1.10 bits per heavy atom. The minimum Gasteiger partial charge on any atom is -0.391 e. The summed E-state index contributed by atoms with van der Waals surface area (Å²) in [6.07, 6.45) is 51.2. The van der Waals surface area contributed by atoms with Gasteiger partial charge in [-0.3, -0.25) is 13.8 Å². The molecule has 0 radical (unpaired) electrons. The van der Waals surface area contributed by atoms with Crippen LogP contribution < -0.4 is 11.1 Å². The second-order valence-corrected chi connectivity index (χ2v) is 19.2. The summed E-state index contributed by atoms with van der Waals surface area (Å²) in [7, 11) is -4.31.